The predicted molar refractivity (Wildman–Crippen MR) is 51.3 cm³/mol. The average Bonchev–Trinajstić information content (AvgIpc) is 2.17. The van der Waals surface area contributed by atoms with Crippen LogP contribution in [-0.2, 0) is 0 Å². The summed E-state index contributed by atoms with van der Waals surface area (Å²) >= 11 is 0. The van der Waals surface area contributed by atoms with Crippen LogP contribution in [0, 0.1) is 0 Å². The Hall–Kier alpha value is -1.03. The van der Waals surface area contributed by atoms with Crippen molar-refractivity contribution in [2.75, 3.05) is 0 Å². The van der Waals surface area contributed by atoms with Gasteiger partial charge in [-0.15, -0.1) is 0 Å². The van der Waals surface area contributed by atoms with Gasteiger partial charge in [0.15, 0.2) is 0 Å². The molecular formula is C11H13F3O. The molecule has 0 amide bonds. The molecule has 0 radical (unpaired) electrons. The third-order valence-corrected chi connectivity index (χ3v) is 2.12. The third-order valence-electron chi connectivity index (χ3n) is 2.12. The molecule has 0 saturated heterocycles. The molecule has 0 fully saturated rings. The molecule has 1 atom stereocenters. The maximum absolute atomic E-state index is 11.8. The lowest BCUT2D eigenvalue weighted by Crippen LogP contribution is -2.08. The van der Waals surface area contributed by atoms with Crippen LogP contribution in [-0.4, -0.2) is 11.3 Å². The van der Waals surface area contributed by atoms with Gasteiger partial charge in [-0.2, -0.15) is 13.2 Å². The molecular weight excluding hydrogens is 205 g/mol. The molecule has 0 heterocycles. The van der Waals surface area contributed by atoms with Gasteiger partial charge in [0, 0.05) is 6.42 Å². The number of halogens is 3. The molecule has 1 nitrogen and oxygen atoms in total. The predicted octanol–water partition coefficient (Wildman–Crippen LogP) is 3.45. The number of hydrogen-bond acceptors (Lipinski definition) is 1. The van der Waals surface area contributed by atoms with Gasteiger partial charge in [0.25, 0.3) is 0 Å². The van der Waals surface area contributed by atoms with Crippen LogP contribution in [0.25, 0.3) is 0 Å². The molecule has 15 heavy (non-hydrogen) atoms. The van der Waals surface area contributed by atoms with Gasteiger partial charge in [-0.3, -0.25) is 0 Å². The number of hydrogen-bond donors (Lipinski definition) is 1. The van der Waals surface area contributed by atoms with Crippen molar-refractivity contribution < 1.29 is 18.3 Å². The second-order valence-corrected chi connectivity index (χ2v) is 3.43. The molecule has 1 aromatic carbocycles. The van der Waals surface area contributed by atoms with E-state index in [1.165, 1.54) is 0 Å². The molecule has 0 aliphatic carbocycles. The van der Waals surface area contributed by atoms with Crippen molar-refractivity contribution in [3.05, 3.63) is 35.9 Å². The number of rotatable bonds is 4. The molecule has 0 aliphatic rings. The van der Waals surface area contributed by atoms with Crippen LogP contribution >= 0.6 is 0 Å². The quantitative estimate of drug-likeness (QED) is 0.820. The molecule has 0 spiro atoms. The summed E-state index contributed by atoms with van der Waals surface area (Å²) in [6, 6.07) is 8.72. The van der Waals surface area contributed by atoms with E-state index in [2.05, 4.69) is 0 Å². The first-order chi connectivity index (χ1) is 6.99. The number of alkyl halides is 3. The molecule has 84 valence electrons. The molecule has 1 rings (SSSR count). The van der Waals surface area contributed by atoms with Crippen LogP contribution in [0.3, 0.4) is 0 Å². The minimum atomic E-state index is -4.13. The van der Waals surface area contributed by atoms with Crippen molar-refractivity contribution in [2.45, 2.75) is 31.5 Å². The van der Waals surface area contributed by atoms with Crippen LogP contribution < -0.4 is 0 Å². The second-order valence-electron chi connectivity index (χ2n) is 3.43. The van der Waals surface area contributed by atoms with Crippen LogP contribution in [0.5, 0.6) is 0 Å². The summed E-state index contributed by atoms with van der Waals surface area (Å²) in [5.41, 5.74) is 0.666. The third kappa shape index (κ3) is 4.83. The van der Waals surface area contributed by atoms with E-state index in [-0.39, 0.29) is 12.8 Å². The Balaban J connectivity index is 2.34. The number of benzene rings is 1. The molecule has 0 bridgehead atoms. The fraction of sp³-hybridized carbons (Fsp3) is 0.455. The first kappa shape index (κ1) is 12.0. The van der Waals surface area contributed by atoms with Crippen molar-refractivity contribution in [3.63, 3.8) is 0 Å². The maximum Gasteiger partial charge on any atom is 0.389 e. The Bertz CT molecular complexity index is 282. The summed E-state index contributed by atoms with van der Waals surface area (Å²) in [5, 5.41) is 9.55. The standard InChI is InChI=1S/C11H13F3O/c12-11(13,14)8-4-7-10(15)9-5-2-1-3-6-9/h1-3,5-6,10,15H,4,7-8H2. The van der Waals surface area contributed by atoms with Gasteiger partial charge in [-0.05, 0) is 18.4 Å². The normalized spacial score (nSPS) is 13.9. The number of aliphatic hydroxyl groups excluding tert-OH is 1. The van der Waals surface area contributed by atoms with E-state index < -0.39 is 18.7 Å². The lowest BCUT2D eigenvalue weighted by Gasteiger charge is -2.11. The first-order valence-electron chi connectivity index (χ1n) is 4.79. The van der Waals surface area contributed by atoms with Crippen molar-refractivity contribution in [1.82, 2.24) is 0 Å². The van der Waals surface area contributed by atoms with Crippen molar-refractivity contribution in [1.29, 1.82) is 0 Å². The van der Waals surface area contributed by atoms with Gasteiger partial charge in [-0.25, -0.2) is 0 Å². The van der Waals surface area contributed by atoms with Crippen LogP contribution in [0.1, 0.15) is 30.9 Å². The largest absolute Gasteiger partial charge is 0.389 e. The monoisotopic (exact) mass is 218 g/mol. The van der Waals surface area contributed by atoms with Crippen LogP contribution in [0.15, 0.2) is 30.3 Å². The van der Waals surface area contributed by atoms with Gasteiger partial charge in [0.2, 0.25) is 0 Å². The van der Waals surface area contributed by atoms with E-state index in [1.807, 2.05) is 0 Å². The molecule has 0 aliphatic heterocycles. The highest BCUT2D eigenvalue weighted by Gasteiger charge is 2.26. The van der Waals surface area contributed by atoms with Crippen LogP contribution in [0.4, 0.5) is 13.2 Å². The van der Waals surface area contributed by atoms with Gasteiger partial charge in [-0.1, -0.05) is 30.3 Å². The smallest absolute Gasteiger partial charge is 0.388 e. The zero-order valence-electron chi connectivity index (χ0n) is 8.17. The SMILES string of the molecule is OC(CCCC(F)(F)F)c1ccccc1. The minimum absolute atomic E-state index is 0.0421. The summed E-state index contributed by atoms with van der Waals surface area (Å²) < 4.78 is 35.5. The second kappa shape index (κ2) is 5.16. The van der Waals surface area contributed by atoms with E-state index in [0.29, 0.717) is 5.56 Å². The summed E-state index contributed by atoms with van der Waals surface area (Å²) in [5.74, 6) is 0. The fourth-order valence-electron chi connectivity index (χ4n) is 1.34. The van der Waals surface area contributed by atoms with E-state index in [0.717, 1.165) is 0 Å². The summed E-state index contributed by atoms with van der Waals surface area (Å²) in [7, 11) is 0. The highest BCUT2D eigenvalue weighted by Crippen LogP contribution is 2.25. The van der Waals surface area contributed by atoms with Crippen LogP contribution in [0.2, 0.25) is 0 Å². The Morgan fingerprint density at radius 3 is 2.27 bits per heavy atom. The minimum Gasteiger partial charge on any atom is -0.388 e. The van der Waals surface area contributed by atoms with E-state index in [9.17, 15) is 18.3 Å². The van der Waals surface area contributed by atoms with Gasteiger partial charge in [0.1, 0.15) is 0 Å². The average molecular weight is 218 g/mol. The van der Waals surface area contributed by atoms with Crippen molar-refractivity contribution >= 4 is 0 Å². The highest BCUT2D eigenvalue weighted by atomic mass is 19.4. The summed E-state index contributed by atoms with van der Waals surface area (Å²) in [6.07, 6.45) is -5.66. The Morgan fingerprint density at radius 1 is 1.13 bits per heavy atom. The van der Waals surface area contributed by atoms with Gasteiger partial charge in [0.05, 0.1) is 6.10 Å². The number of aliphatic hydroxyl groups is 1. The molecule has 4 heteroatoms. The molecule has 0 aromatic heterocycles. The lowest BCUT2D eigenvalue weighted by atomic mass is 10.0. The molecule has 1 aromatic rings. The van der Waals surface area contributed by atoms with E-state index in [1.54, 1.807) is 30.3 Å². The Labute approximate surface area is 86.5 Å². The highest BCUT2D eigenvalue weighted by molar-refractivity contribution is 5.16. The molecule has 1 unspecified atom stereocenters. The first-order valence-corrected chi connectivity index (χ1v) is 4.79. The van der Waals surface area contributed by atoms with Crippen molar-refractivity contribution in [2.24, 2.45) is 0 Å². The van der Waals surface area contributed by atoms with Gasteiger partial charge < -0.3 is 5.11 Å². The summed E-state index contributed by atoms with van der Waals surface area (Å²) in [4.78, 5) is 0. The zero-order chi connectivity index (χ0) is 11.3. The van der Waals surface area contributed by atoms with Gasteiger partial charge >= 0.3 is 6.18 Å². The molecule has 1 N–H and O–H groups in total. The maximum atomic E-state index is 11.8. The van der Waals surface area contributed by atoms with E-state index in [4.69, 9.17) is 0 Å². The molecule has 0 saturated carbocycles. The van der Waals surface area contributed by atoms with Crippen molar-refractivity contribution in [3.8, 4) is 0 Å². The topological polar surface area (TPSA) is 20.2 Å². The zero-order valence-corrected chi connectivity index (χ0v) is 8.17. The summed E-state index contributed by atoms with van der Waals surface area (Å²) in [6.45, 7) is 0. The Morgan fingerprint density at radius 2 is 1.73 bits per heavy atom. The Kier molecular flexibility index (Phi) is 4.15. The van der Waals surface area contributed by atoms with E-state index >= 15 is 0 Å². The fourth-order valence-corrected chi connectivity index (χ4v) is 1.34. The lowest BCUT2D eigenvalue weighted by molar-refractivity contribution is -0.136.